The molecule has 1 saturated heterocycles. The average Bonchev–Trinajstić information content (AvgIpc) is 2.34. The molecule has 0 aliphatic carbocycles. The highest BCUT2D eigenvalue weighted by atomic mass is 79.9. The summed E-state index contributed by atoms with van der Waals surface area (Å²) in [7, 11) is 0. The Morgan fingerprint density at radius 2 is 2.35 bits per heavy atom. The maximum atomic E-state index is 6.02. The molecule has 94 valence electrons. The van der Waals surface area contributed by atoms with E-state index in [1.807, 2.05) is 18.2 Å². The number of benzene rings is 1. The molecular weight excluding hydrogens is 280 g/mol. The Morgan fingerprint density at radius 3 is 3.06 bits per heavy atom. The van der Waals surface area contributed by atoms with Crippen molar-refractivity contribution < 1.29 is 4.74 Å². The summed E-state index contributed by atoms with van der Waals surface area (Å²) in [5.41, 5.74) is 8.06. The van der Waals surface area contributed by atoms with E-state index in [2.05, 4.69) is 27.8 Å². The topological polar surface area (TPSA) is 38.5 Å². The van der Waals surface area contributed by atoms with Crippen molar-refractivity contribution in [1.82, 2.24) is 4.90 Å². The molecule has 3 nitrogen and oxygen atoms in total. The van der Waals surface area contributed by atoms with E-state index in [9.17, 15) is 0 Å². The molecule has 4 heteroatoms. The normalized spacial score (nSPS) is 21.6. The number of hydrogen-bond donors (Lipinski definition) is 1. The summed E-state index contributed by atoms with van der Waals surface area (Å²) in [6, 6.07) is 5.97. The standard InChI is InChI=1S/C13H19BrN2O/c1-2-10-8-16(6-7-17-10)9-11-12(14)4-3-5-13(11)15/h3-5,10H,2,6-9,15H2,1H3. The summed E-state index contributed by atoms with van der Waals surface area (Å²) in [6.07, 6.45) is 1.44. The lowest BCUT2D eigenvalue weighted by Crippen LogP contribution is -2.41. The Hall–Kier alpha value is -0.580. The number of hydrogen-bond acceptors (Lipinski definition) is 3. The summed E-state index contributed by atoms with van der Waals surface area (Å²) < 4.78 is 6.77. The molecule has 1 aliphatic rings. The summed E-state index contributed by atoms with van der Waals surface area (Å²) in [6.45, 7) is 5.87. The highest BCUT2D eigenvalue weighted by molar-refractivity contribution is 9.10. The molecule has 1 heterocycles. The number of ether oxygens (including phenoxy) is 1. The van der Waals surface area contributed by atoms with Crippen LogP contribution in [0.25, 0.3) is 0 Å². The van der Waals surface area contributed by atoms with Gasteiger partial charge < -0.3 is 10.5 Å². The molecule has 0 saturated carbocycles. The van der Waals surface area contributed by atoms with Gasteiger partial charge >= 0.3 is 0 Å². The molecule has 0 amide bonds. The largest absolute Gasteiger partial charge is 0.398 e. The van der Waals surface area contributed by atoms with Gasteiger partial charge in [0.1, 0.15) is 0 Å². The van der Waals surface area contributed by atoms with Crippen LogP contribution in [0.4, 0.5) is 5.69 Å². The van der Waals surface area contributed by atoms with Crippen molar-refractivity contribution in [3.8, 4) is 0 Å². The Kier molecular flexibility index (Phi) is 4.42. The van der Waals surface area contributed by atoms with E-state index in [1.54, 1.807) is 0 Å². The molecule has 2 N–H and O–H groups in total. The minimum atomic E-state index is 0.368. The van der Waals surface area contributed by atoms with E-state index < -0.39 is 0 Å². The van der Waals surface area contributed by atoms with Gasteiger partial charge in [0.25, 0.3) is 0 Å². The lowest BCUT2D eigenvalue weighted by Gasteiger charge is -2.32. The van der Waals surface area contributed by atoms with E-state index in [0.29, 0.717) is 6.10 Å². The third kappa shape index (κ3) is 3.21. The highest BCUT2D eigenvalue weighted by Gasteiger charge is 2.20. The zero-order chi connectivity index (χ0) is 12.3. The second kappa shape index (κ2) is 5.85. The average molecular weight is 299 g/mol. The maximum Gasteiger partial charge on any atom is 0.0700 e. The van der Waals surface area contributed by atoms with Crippen LogP contribution in [-0.4, -0.2) is 30.7 Å². The van der Waals surface area contributed by atoms with E-state index in [4.69, 9.17) is 10.5 Å². The number of nitrogen functional groups attached to an aromatic ring is 1. The third-order valence-electron chi connectivity index (χ3n) is 3.22. The molecule has 1 aromatic rings. The minimum absolute atomic E-state index is 0.368. The van der Waals surface area contributed by atoms with Crippen LogP contribution >= 0.6 is 15.9 Å². The first-order valence-corrected chi connectivity index (χ1v) is 6.86. The van der Waals surface area contributed by atoms with Gasteiger partial charge in [-0.05, 0) is 18.6 Å². The SMILES string of the molecule is CCC1CN(Cc2c(N)cccc2Br)CCO1. The maximum absolute atomic E-state index is 6.02. The van der Waals surface area contributed by atoms with E-state index in [-0.39, 0.29) is 0 Å². The molecule has 0 aromatic heterocycles. The molecule has 17 heavy (non-hydrogen) atoms. The molecule has 0 spiro atoms. The molecule has 1 aromatic carbocycles. The molecule has 0 bridgehead atoms. The predicted molar refractivity (Wildman–Crippen MR) is 73.9 cm³/mol. The van der Waals surface area contributed by atoms with Gasteiger partial charge in [-0.2, -0.15) is 0 Å². The lowest BCUT2D eigenvalue weighted by molar-refractivity contribution is -0.0324. The monoisotopic (exact) mass is 298 g/mol. The number of nitrogens with zero attached hydrogens (tertiary/aromatic N) is 1. The van der Waals surface area contributed by atoms with Crippen molar-refractivity contribution in [3.05, 3.63) is 28.2 Å². The fourth-order valence-electron chi connectivity index (χ4n) is 2.14. The van der Waals surface area contributed by atoms with E-state index in [0.717, 1.165) is 42.8 Å². The zero-order valence-electron chi connectivity index (χ0n) is 10.2. The van der Waals surface area contributed by atoms with Gasteiger partial charge in [-0.3, -0.25) is 4.90 Å². The van der Waals surface area contributed by atoms with Crippen LogP contribution in [-0.2, 0) is 11.3 Å². The summed E-state index contributed by atoms with van der Waals surface area (Å²) in [4.78, 5) is 2.41. The Labute approximate surface area is 111 Å². The van der Waals surface area contributed by atoms with Gasteiger partial charge in [0.15, 0.2) is 0 Å². The van der Waals surface area contributed by atoms with Crippen molar-refractivity contribution in [2.45, 2.75) is 26.0 Å². The molecule has 0 radical (unpaired) electrons. The number of rotatable bonds is 3. The van der Waals surface area contributed by atoms with Gasteiger partial charge in [0.2, 0.25) is 0 Å². The van der Waals surface area contributed by atoms with Gasteiger partial charge in [-0.1, -0.05) is 28.9 Å². The lowest BCUT2D eigenvalue weighted by atomic mass is 10.1. The van der Waals surface area contributed by atoms with Crippen LogP contribution in [0.15, 0.2) is 22.7 Å². The molecule has 1 atom stereocenters. The molecule has 1 aliphatic heterocycles. The van der Waals surface area contributed by atoms with Crippen molar-refractivity contribution in [3.63, 3.8) is 0 Å². The smallest absolute Gasteiger partial charge is 0.0700 e. The Balaban J connectivity index is 2.05. The number of morpholine rings is 1. The highest BCUT2D eigenvalue weighted by Crippen LogP contribution is 2.25. The first-order chi connectivity index (χ1) is 8.20. The second-order valence-electron chi connectivity index (χ2n) is 4.44. The van der Waals surface area contributed by atoms with Gasteiger partial charge in [0, 0.05) is 35.4 Å². The first-order valence-electron chi connectivity index (χ1n) is 6.07. The number of nitrogens with two attached hydrogens (primary N) is 1. The van der Waals surface area contributed by atoms with Crippen LogP contribution in [0.5, 0.6) is 0 Å². The van der Waals surface area contributed by atoms with Crippen molar-refractivity contribution in [2.24, 2.45) is 0 Å². The van der Waals surface area contributed by atoms with E-state index in [1.165, 1.54) is 5.56 Å². The quantitative estimate of drug-likeness (QED) is 0.872. The zero-order valence-corrected chi connectivity index (χ0v) is 11.7. The Morgan fingerprint density at radius 1 is 1.53 bits per heavy atom. The van der Waals surface area contributed by atoms with Gasteiger partial charge in [-0.25, -0.2) is 0 Å². The van der Waals surface area contributed by atoms with Crippen LogP contribution in [0.2, 0.25) is 0 Å². The molecule has 2 rings (SSSR count). The molecule has 1 fully saturated rings. The molecular formula is C13H19BrN2O. The third-order valence-corrected chi connectivity index (χ3v) is 3.96. The predicted octanol–water partition coefficient (Wildman–Crippen LogP) is 2.64. The van der Waals surface area contributed by atoms with Crippen LogP contribution in [0, 0.1) is 0 Å². The fraction of sp³-hybridized carbons (Fsp3) is 0.538. The summed E-state index contributed by atoms with van der Waals surface area (Å²) in [5.74, 6) is 0. The van der Waals surface area contributed by atoms with Crippen molar-refractivity contribution in [2.75, 3.05) is 25.4 Å². The van der Waals surface area contributed by atoms with Crippen molar-refractivity contribution in [1.29, 1.82) is 0 Å². The van der Waals surface area contributed by atoms with Crippen LogP contribution < -0.4 is 5.73 Å². The second-order valence-corrected chi connectivity index (χ2v) is 5.30. The van der Waals surface area contributed by atoms with Crippen LogP contribution in [0.3, 0.4) is 0 Å². The van der Waals surface area contributed by atoms with Crippen molar-refractivity contribution >= 4 is 21.6 Å². The van der Waals surface area contributed by atoms with Crippen LogP contribution in [0.1, 0.15) is 18.9 Å². The Bertz CT molecular complexity index is 363. The fourth-order valence-corrected chi connectivity index (χ4v) is 2.64. The summed E-state index contributed by atoms with van der Waals surface area (Å²) >= 11 is 3.57. The van der Waals surface area contributed by atoms with Gasteiger partial charge in [-0.15, -0.1) is 0 Å². The first kappa shape index (κ1) is 12.9. The minimum Gasteiger partial charge on any atom is -0.398 e. The van der Waals surface area contributed by atoms with Gasteiger partial charge in [0.05, 0.1) is 12.7 Å². The molecule has 1 unspecified atom stereocenters. The number of anilines is 1. The van der Waals surface area contributed by atoms with E-state index >= 15 is 0 Å². The number of halogens is 1. The summed E-state index contributed by atoms with van der Waals surface area (Å²) in [5, 5.41) is 0.